The molecule has 8 nitrogen and oxygen atoms in total. The van der Waals surface area contributed by atoms with E-state index in [1.165, 1.54) is 6.07 Å². The van der Waals surface area contributed by atoms with E-state index in [2.05, 4.69) is 29.3 Å². The van der Waals surface area contributed by atoms with Gasteiger partial charge in [-0.2, -0.15) is 0 Å². The fourth-order valence-electron chi connectivity index (χ4n) is 3.89. The molecule has 1 aromatic carbocycles. The van der Waals surface area contributed by atoms with Crippen LogP contribution in [0.4, 0.5) is 4.39 Å². The highest BCUT2D eigenvalue weighted by Crippen LogP contribution is 2.30. The zero-order chi connectivity index (χ0) is 22.6. The Morgan fingerprint density at radius 1 is 1.28 bits per heavy atom. The summed E-state index contributed by atoms with van der Waals surface area (Å²) >= 11 is 0. The van der Waals surface area contributed by atoms with E-state index in [0.29, 0.717) is 31.5 Å². The topological polar surface area (TPSA) is 75.4 Å². The molecule has 0 saturated carbocycles. The number of aliphatic imine (C=N–C) groups is 1. The monoisotopic (exact) mass is 445 g/mol. The third kappa shape index (κ3) is 5.39. The molecule has 2 aromatic rings. The number of nitrogens with one attached hydrogen (secondary N) is 1. The van der Waals surface area contributed by atoms with Crippen molar-refractivity contribution in [3.63, 3.8) is 0 Å². The molecule has 2 aliphatic rings. The summed E-state index contributed by atoms with van der Waals surface area (Å²) in [5.41, 5.74) is 4.05. The molecule has 1 fully saturated rings. The van der Waals surface area contributed by atoms with Crippen molar-refractivity contribution in [3.8, 4) is 5.75 Å². The number of unbranched alkanes of at least 4 members (excludes halogenated alkanes) is 1. The summed E-state index contributed by atoms with van der Waals surface area (Å²) in [6.45, 7) is 7.13. The normalized spacial score (nSPS) is 17.9. The van der Waals surface area contributed by atoms with Gasteiger partial charge in [0.1, 0.15) is 6.26 Å². The number of oxazole rings is 1. The molecule has 1 spiro atoms. The van der Waals surface area contributed by atoms with Gasteiger partial charge in [-0.1, -0.05) is 19.4 Å². The lowest BCUT2D eigenvalue weighted by Crippen LogP contribution is -2.43. The van der Waals surface area contributed by atoms with Crippen LogP contribution in [0.1, 0.15) is 49.8 Å². The molecule has 1 aromatic heterocycles. The van der Waals surface area contributed by atoms with E-state index in [-0.39, 0.29) is 11.6 Å². The highest BCUT2D eigenvalue weighted by Gasteiger charge is 2.40. The van der Waals surface area contributed by atoms with Gasteiger partial charge in [-0.3, -0.25) is 0 Å². The Balaban J connectivity index is 1.52. The van der Waals surface area contributed by atoms with Gasteiger partial charge in [-0.05, 0) is 31.2 Å². The lowest BCUT2D eigenvalue weighted by atomic mass is 10.0. The Hall–Kier alpha value is -2.65. The maximum atomic E-state index is 14.6. The molecule has 174 valence electrons. The third-order valence-corrected chi connectivity index (χ3v) is 5.85. The van der Waals surface area contributed by atoms with Gasteiger partial charge in [-0.25, -0.2) is 24.7 Å². The zero-order valence-electron chi connectivity index (χ0n) is 19.1. The molecule has 0 bridgehead atoms. The minimum Gasteiger partial charge on any atom is -0.491 e. The van der Waals surface area contributed by atoms with Crippen molar-refractivity contribution < 1.29 is 18.4 Å². The quantitative estimate of drug-likeness (QED) is 0.622. The first-order chi connectivity index (χ1) is 15.5. The average molecular weight is 446 g/mol. The highest BCUT2D eigenvalue weighted by molar-refractivity contribution is 5.80. The van der Waals surface area contributed by atoms with Crippen LogP contribution in [-0.2, 0) is 17.9 Å². The van der Waals surface area contributed by atoms with E-state index in [1.54, 1.807) is 12.3 Å². The molecule has 0 unspecified atom stereocenters. The van der Waals surface area contributed by atoms with Crippen molar-refractivity contribution in [1.82, 2.24) is 20.3 Å². The Morgan fingerprint density at radius 2 is 2.09 bits per heavy atom. The zero-order valence-corrected chi connectivity index (χ0v) is 19.1. The Bertz CT molecular complexity index is 939. The Morgan fingerprint density at radius 3 is 2.78 bits per heavy atom. The Labute approximate surface area is 188 Å². The molecule has 1 N–H and O–H groups in total. The summed E-state index contributed by atoms with van der Waals surface area (Å²) in [5, 5.41) is 0. The van der Waals surface area contributed by atoms with Gasteiger partial charge in [0, 0.05) is 39.4 Å². The van der Waals surface area contributed by atoms with Crippen LogP contribution in [0.3, 0.4) is 0 Å². The highest BCUT2D eigenvalue weighted by atomic mass is 19.1. The van der Waals surface area contributed by atoms with Gasteiger partial charge in [0.05, 0.1) is 18.8 Å². The van der Waals surface area contributed by atoms with Gasteiger partial charge in [0.15, 0.2) is 23.2 Å². The van der Waals surface area contributed by atoms with Gasteiger partial charge in [-0.15, -0.1) is 0 Å². The molecule has 0 atom stereocenters. The number of benzene rings is 1. The summed E-state index contributed by atoms with van der Waals surface area (Å²) in [4.78, 5) is 19.5. The number of rotatable bonds is 8. The van der Waals surface area contributed by atoms with Crippen LogP contribution < -0.4 is 10.2 Å². The van der Waals surface area contributed by atoms with Crippen molar-refractivity contribution in [2.75, 3.05) is 26.7 Å². The van der Waals surface area contributed by atoms with Gasteiger partial charge >= 0.3 is 0 Å². The van der Waals surface area contributed by atoms with E-state index < -0.39 is 5.72 Å². The Kier molecular flexibility index (Phi) is 6.95. The molecule has 4 rings (SSSR count). The molecule has 2 aliphatic heterocycles. The number of aromatic nitrogens is 1. The summed E-state index contributed by atoms with van der Waals surface area (Å²) < 4.78 is 25.5. The van der Waals surface area contributed by atoms with Crippen molar-refractivity contribution >= 4 is 5.96 Å². The minimum atomic E-state index is -0.554. The standard InChI is InChI=1S/C23H32FN5O3/c1-4-5-12-30-21-7-6-18(13-20(21)24)14-29(15-19-16-31-17(2)25-19)22-26-23(32-27-22)8-10-28(3)11-9-23/h6-7,13,16H,4-5,8-12,14-15H2,1-3H3,(H,26,27). The largest absolute Gasteiger partial charge is 0.491 e. The molecular weight excluding hydrogens is 413 g/mol. The molecule has 0 radical (unpaired) electrons. The van der Waals surface area contributed by atoms with Crippen molar-refractivity contribution in [2.24, 2.45) is 4.99 Å². The van der Waals surface area contributed by atoms with Crippen LogP contribution in [0.5, 0.6) is 5.75 Å². The number of guanidine groups is 1. The van der Waals surface area contributed by atoms with E-state index in [9.17, 15) is 4.39 Å². The van der Waals surface area contributed by atoms with Crippen LogP contribution in [0.2, 0.25) is 0 Å². The molecule has 0 amide bonds. The van der Waals surface area contributed by atoms with E-state index in [1.807, 2.05) is 17.9 Å². The number of piperidine rings is 1. The first-order valence-electron chi connectivity index (χ1n) is 11.3. The molecule has 32 heavy (non-hydrogen) atoms. The molecule has 3 heterocycles. The first-order valence-corrected chi connectivity index (χ1v) is 11.3. The molecule has 0 aliphatic carbocycles. The van der Waals surface area contributed by atoms with E-state index >= 15 is 0 Å². The van der Waals surface area contributed by atoms with Crippen LogP contribution >= 0.6 is 0 Å². The second-order valence-electron chi connectivity index (χ2n) is 8.57. The predicted octanol–water partition coefficient (Wildman–Crippen LogP) is 3.62. The first kappa shape index (κ1) is 22.5. The summed E-state index contributed by atoms with van der Waals surface area (Å²) in [6, 6.07) is 5.09. The van der Waals surface area contributed by atoms with E-state index in [0.717, 1.165) is 50.0 Å². The maximum Gasteiger partial charge on any atom is 0.222 e. The maximum absolute atomic E-state index is 14.6. The molecule has 1 saturated heterocycles. The number of hydrogen-bond acceptors (Lipinski definition) is 8. The average Bonchev–Trinajstić information content (AvgIpc) is 3.38. The van der Waals surface area contributed by atoms with Crippen molar-refractivity contribution in [2.45, 2.75) is 58.3 Å². The second kappa shape index (κ2) is 9.87. The summed E-state index contributed by atoms with van der Waals surface area (Å²) in [5.74, 6) is 1.15. The predicted molar refractivity (Wildman–Crippen MR) is 118 cm³/mol. The number of halogens is 1. The van der Waals surface area contributed by atoms with Crippen LogP contribution in [0.25, 0.3) is 0 Å². The number of likely N-dealkylation sites (tertiary alicyclic amines) is 1. The minimum absolute atomic E-state index is 0.283. The van der Waals surface area contributed by atoms with Crippen molar-refractivity contribution in [3.05, 3.63) is 47.4 Å². The number of hydrogen-bond donors (Lipinski definition) is 1. The number of ether oxygens (including phenoxy) is 1. The van der Waals surface area contributed by atoms with Gasteiger partial charge in [0.2, 0.25) is 5.96 Å². The number of aryl methyl sites for hydroxylation is 1. The fraction of sp³-hybridized carbons (Fsp3) is 0.565. The summed E-state index contributed by atoms with van der Waals surface area (Å²) in [7, 11) is 2.10. The number of hydroxylamine groups is 1. The third-order valence-electron chi connectivity index (χ3n) is 5.85. The van der Waals surface area contributed by atoms with Crippen LogP contribution in [0.15, 0.2) is 33.9 Å². The lowest BCUT2D eigenvalue weighted by molar-refractivity contribution is -0.0875. The smallest absolute Gasteiger partial charge is 0.222 e. The summed E-state index contributed by atoms with van der Waals surface area (Å²) in [6.07, 6.45) is 5.17. The fourth-order valence-corrected chi connectivity index (χ4v) is 3.89. The second-order valence-corrected chi connectivity index (χ2v) is 8.57. The van der Waals surface area contributed by atoms with E-state index in [4.69, 9.17) is 19.0 Å². The van der Waals surface area contributed by atoms with Crippen LogP contribution in [0, 0.1) is 12.7 Å². The lowest BCUT2D eigenvalue weighted by Gasteiger charge is -2.33. The molecule has 9 heteroatoms. The molecular formula is C23H32FN5O3. The van der Waals surface area contributed by atoms with Gasteiger partial charge in [0.25, 0.3) is 0 Å². The SMILES string of the molecule is CCCCOc1ccc(CN(Cc2coc(C)n2)C2=NC3(CCN(C)CC3)ON2)cc1F. The van der Waals surface area contributed by atoms with Crippen molar-refractivity contribution in [1.29, 1.82) is 0 Å². The number of nitrogens with zero attached hydrogens (tertiary/aromatic N) is 4. The van der Waals surface area contributed by atoms with Gasteiger partial charge < -0.3 is 19.0 Å². The van der Waals surface area contributed by atoms with Crippen LogP contribution in [-0.4, -0.2) is 53.2 Å².